The second kappa shape index (κ2) is 38.4. The van der Waals surface area contributed by atoms with Crippen LogP contribution in [0.4, 0.5) is 4.79 Å². The zero-order valence-corrected chi connectivity index (χ0v) is 78.8. The summed E-state index contributed by atoms with van der Waals surface area (Å²) in [6, 6.07) is -0.141. The molecule has 2 heterocycles. The van der Waals surface area contributed by atoms with Crippen LogP contribution in [-0.4, -0.2) is 42.5 Å². The van der Waals surface area contributed by atoms with Crippen molar-refractivity contribution in [1.82, 2.24) is 36.1 Å². The molecule has 0 aliphatic heterocycles. The van der Waals surface area contributed by atoms with Crippen LogP contribution in [0.1, 0.15) is 70.9 Å². The Morgan fingerprint density at radius 2 is 1.16 bits per heavy atom. The SMILES string of the molecule is CCC(N)c1cn[nH]n1.CCC(NC(=O)OC(C)(C)C)c1cn[nH]n1.I[I-]I(I)I(I)I(I)I(I)I(I)I(I)I(I)I(I)I(I)I(I)I(I)I. The van der Waals surface area contributed by atoms with Gasteiger partial charge in [-0.15, -0.1) is 0 Å². The maximum absolute atomic E-state index is 11.5. The van der Waals surface area contributed by atoms with E-state index in [4.69, 9.17) is 10.5 Å². The van der Waals surface area contributed by atoms with Crippen molar-refractivity contribution in [3.05, 3.63) is 23.8 Å². The molecule has 2 unspecified atom stereocenters. The maximum atomic E-state index is 11.5. The van der Waals surface area contributed by atoms with Gasteiger partial charge in [-0.05, 0) is 33.6 Å². The number of aromatic amines is 2. The number of nitrogens with zero attached hydrogens (tertiary/aromatic N) is 4. The molecular formula is C15H28I25N8O2-. The van der Waals surface area contributed by atoms with Crippen LogP contribution in [0.15, 0.2) is 12.4 Å². The molecule has 0 saturated carbocycles. The van der Waals surface area contributed by atoms with Crippen molar-refractivity contribution in [2.75, 3.05) is 0 Å². The van der Waals surface area contributed by atoms with E-state index in [1.165, 1.54) is 0 Å². The second-order valence-corrected chi connectivity index (χ2v) is 561. The summed E-state index contributed by atoms with van der Waals surface area (Å²) < 4.78 is 5.16. The van der Waals surface area contributed by atoms with Crippen molar-refractivity contribution in [2.24, 2.45) is 5.73 Å². The van der Waals surface area contributed by atoms with E-state index in [1.54, 1.807) is 12.4 Å². The first-order valence-corrected chi connectivity index (χ1v) is 163. The van der Waals surface area contributed by atoms with E-state index in [-0.39, 0.29) is 27.9 Å². The molecule has 10 nitrogen and oxygen atoms in total. The number of ether oxygens (including phenoxy) is 1. The Labute approximate surface area is 468 Å². The molecule has 1 amide bonds. The number of nitrogens with two attached hydrogens (primary N) is 1. The van der Waals surface area contributed by atoms with Gasteiger partial charge in [0.15, 0.2) is 0 Å². The third kappa shape index (κ3) is 29.2. The summed E-state index contributed by atoms with van der Waals surface area (Å²) in [5.41, 5.74) is 6.66. The average molecular weight is 3530 g/mol. The predicted molar refractivity (Wildman–Crippen MR) is 429 cm³/mol. The molecular weight excluding hydrogens is 3500 g/mol. The number of aromatic nitrogens is 6. The molecule has 0 aliphatic carbocycles. The molecule has 50 heavy (non-hydrogen) atoms. The van der Waals surface area contributed by atoms with Gasteiger partial charge in [0.25, 0.3) is 0 Å². The first-order valence-electron chi connectivity index (χ1n) is 11.7. The molecule has 0 bridgehead atoms. The van der Waals surface area contributed by atoms with Crippen LogP contribution in [0.2, 0.25) is 0 Å². The number of nitrogens with one attached hydrogen (secondary N) is 3. The van der Waals surface area contributed by atoms with E-state index in [1.807, 2.05) is 34.6 Å². The van der Waals surface area contributed by atoms with Crippen LogP contribution < -0.4 is 24.3 Å². The van der Waals surface area contributed by atoms with Crippen LogP contribution >= 0.6 is 329 Å². The average Bonchev–Trinajstić information content (AvgIpc) is 3.82. The van der Waals surface area contributed by atoms with Crippen molar-refractivity contribution in [2.45, 2.75) is 65.1 Å². The first-order chi connectivity index (χ1) is 23.1. The Morgan fingerprint density at radius 1 is 0.760 bits per heavy atom. The monoisotopic (exact) mass is 3520 g/mol. The van der Waals surface area contributed by atoms with Crippen LogP contribution in [0.5, 0.6) is 0 Å². The number of hydrogen-bond acceptors (Lipinski definition) is 7. The number of H-pyrrole nitrogens is 2. The van der Waals surface area contributed by atoms with Gasteiger partial charge in [-0.25, -0.2) is 4.79 Å². The number of alkyl carbamates (subject to hydrolysis) is 1. The molecule has 0 spiro atoms. The number of hydrogen-bond donors (Lipinski definition) is 4. The van der Waals surface area contributed by atoms with Crippen molar-refractivity contribution in [1.29, 1.82) is 0 Å². The Morgan fingerprint density at radius 3 is 1.48 bits per heavy atom. The van der Waals surface area contributed by atoms with Crippen LogP contribution in [0.25, 0.3) is 0 Å². The summed E-state index contributed by atoms with van der Waals surface area (Å²) in [5.74, 6) is 0. The second-order valence-electron chi connectivity index (χ2n) is 8.25. The quantitative estimate of drug-likeness (QED) is 0.122. The number of carbonyl (C=O) groups is 1. The molecule has 0 saturated heterocycles. The van der Waals surface area contributed by atoms with Gasteiger partial charge < -0.3 is 15.8 Å². The van der Waals surface area contributed by atoms with Crippen molar-refractivity contribution in [3.63, 3.8) is 0 Å². The normalized spacial score (nSPS) is 15.7. The van der Waals surface area contributed by atoms with Crippen LogP contribution in [0, 0.1) is 0 Å². The molecule has 316 valence electrons. The molecule has 2 rings (SSSR count). The summed E-state index contributed by atoms with van der Waals surface area (Å²) in [5, 5.41) is 22.9. The molecule has 35 heteroatoms. The summed E-state index contributed by atoms with van der Waals surface area (Å²) >= 11 is 41.0. The van der Waals surface area contributed by atoms with Gasteiger partial charge >= 0.3 is 348 Å². The first kappa shape index (κ1) is 65.8. The standard InChI is InChI=1S/C10H18N4O2.C5H10N4.I25/c1-5-7(8-6-11-14-13-8)12-9(15)16-10(2,3)4;1-2-4(6)5-3-7-9-8-5;1-14-16(4)18(6)20(8)22(10)24(12)25(13)23(11)21(9)19(7)17(5)15(2)3/h6-7H,5H2,1-4H3,(H,12,15)(H,11,13,14);3-4H,2,6H2,1H3,(H,7,8,9);/q;;-1. The predicted octanol–water partition coefficient (Wildman–Crippen LogP) is 20.3. The zero-order chi connectivity index (χ0) is 38.9. The van der Waals surface area contributed by atoms with Gasteiger partial charge in [-0.1, -0.05) is 13.8 Å². The van der Waals surface area contributed by atoms with Gasteiger partial charge in [-0.2, -0.15) is 30.8 Å². The van der Waals surface area contributed by atoms with E-state index in [2.05, 4.69) is 278 Å². The summed E-state index contributed by atoms with van der Waals surface area (Å²) in [6.45, 7) is 9.44. The van der Waals surface area contributed by atoms with Gasteiger partial charge in [0, 0.05) is 0 Å². The molecule has 0 fully saturated rings. The van der Waals surface area contributed by atoms with Crippen molar-refractivity contribution < 1.29 is 22.8 Å². The van der Waals surface area contributed by atoms with E-state index >= 15 is 0 Å². The Bertz CT molecular complexity index is 1160. The molecule has 5 N–H and O–H groups in total. The summed E-state index contributed by atoms with van der Waals surface area (Å²) in [6.07, 6.45) is 4.42. The molecule has 2 aromatic heterocycles. The Kier molecular flexibility index (Phi) is 50.6. The van der Waals surface area contributed by atoms with E-state index in [0.29, 0.717) is 18.9 Å². The summed E-state index contributed by atoms with van der Waals surface area (Å²) in [4.78, 5) is 11.5. The summed E-state index contributed by atoms with van der Waals surface area (Å²) in [7, 11) is -4.61. The van der Waals surface area contributed by atoms with E-state index < -0.39 is 82.7 Å². The van der Waals surface area contributed by atoms with Gasteiger partial charge in [0.2, 0.25) is 0 Å². The van der Waals surface area contributed by atoms with Gasteiger partial charge in [0.1, 0.15) is 11.3 Å². The zero-order valence-electron chi connectivity index (χ0n) is 24.9. The topological polar surface area (TPSA) is 147 Å². The molecule has 2 aromatic rings. The third-order valence-corrected chi connectivity index (χ3v) is 1740. The Balaban J connectivity index is 0.000000809. The fourth-order valence-corrected chi connectivity index (χ4v) is 3980. The Hall–Kier alpha value is 15.8. The minimum atomic E-state index is -0.494. The van der Waals surface area contributed by atoms with Crippen LogP contribution in [0.3, 0.4) is 0 Å². The van der Waals surface area contributed by atoms with Gasteiger partial charge in [0.05, 0.1) is 30.2 Å². The molecule has 2 atom stereocenters. The van der Waals surface area contributed by atoms with Gasteiger partial charge in [-0.3, -0.25) is 0 Å². The molecule has 0 aliphatic rings. The fraction of sp³-hybridized carbons (Fsp3) is 0.667. The molecule has 0 radical (unpaired) electrons. The number of amides is 1. The van der Waals surface area contributed by atoms with Crippen molar-refractivity contribution >= 4 is 335 Å². The minimum absolute atomic E-state index is 0.0312. The van der Waals surface area contributed by atoms with Crippen molar-refractivity contribution in [3.8, 4) is 0 Å². The fourth-order valence-electron chi connectivity index (χ4n) is 2.10. The number of rotatable bonds is 16. The van der Waals surface area contributed by atoms with Crippen LogP contribution in [-0.2, 0) is 4.74 Å². The molecule has 0 aromatic carbocycles. The van der Waals surface area contributed by atoms with E-state index in [0.717, 1.165) is 18.5 Å². The van der Waals surface area contributed by atoms with E-state index in [9.17, 15) is 4.79 Å². The number of carbonyl (C=O) groups excluding carboxylic acids is 1. The third-order valence-electron chi connectivity index (χ3n) is 4.00. The number of halogens is 25.